The molecular weight excluding hydrogens is 278 g/mol. The van der Waals surface area contributed by atoms with Gasteiger partial charge in [0.2, 0.25) is 11.8 Å². The predicted octanol–water partition coefficient (Wildman–Crippen LogP) is 1.38. The van der Waals surface area contributed by atoms with Crippen LogP contribution in [-0.2, 0) is 9.59 Å². The maximum absolute atomic E-state index is 12.5. The monoisotopic (exact) mass is 307 g/mol. The summed E-state index contributed by atoms with van der Waals surface area (Å²) in [4.78, 5) is 28.7. The summed E-state index contributed by atoms with van der Waals surface area (Å²) in [6.45, 7) is 4.52. The van der Waals surface area contributed by atoms with Gasteiger partial charge in [-0.05, 0) is 51.0 Å². The quantitative estimate of drug-likeness (QED) is 0.857. The zero-order valence-electron chi connectivity index (χ0n) is 13.6. The third-order valence-electron chi connectivity index (χ3n) is 5.46. The molecule has 0 aromatic carbocycles. The number of hydrogen-bond donors (Lipinski definition) is 1. The van der Waals surface area contributed by atoms with Crippen molar-refractivity contribution >= 4 is 11.8 Å². The van der Waals surface area contributed by atoms with E-state index in [9.17, 15) is 9.59 Å². The molecule has 0 aliphatic carbocycles. The molecule has 3 rings (SSSR count). The summed E-state index contributed by atoms with van der Waals surface area (Å²) in [5.41, 5.74) is 0. The number of nitrogens with one attached hydrogen (secondary N) is 1. The third kappa shape index (κ3) is 3.80. The first-order chi connectivity index (χ1) is 10.7. The lowest BCUT2D eigenvalue weighted by atomic mass is 9.92. The van der Waals surface area contributed by atoms with Gasteiger partial charge >= 0.3 is 0 Å². The van der Waals surface area contributed by atoms with E-state index in [1.807, 2.05) is 9.80 Å². The number of rotatable bonds is 3. The number of piperidine rings is 2. The Morgan fingerprint density at radius 3 is 2.23 bits per heavy atom. The van der Waals surface area contributed by atoms with Crippen molar-refractivity contribution < 1.29 is 9.59 Å². The second kappa shape index (κ2) is 7.44. The molecular formula is C17H29N3O2. The Labute approximate surface area is 133 Å². The number of hydrogen-bond acceptors (Lipinski definition) is 3. The molecule has 3 saturated heterocycles. The molecule has 1 N–H and O–H groups in total. The van der Waals surface area contributed by atoms with Gasteiger partial charge in [-0.2, -0.15) is 0 Å². The minimum atomic E-state index is 0.0385. The Kier molecular flexibility index (Phi) is 5.34. The lowest BCUT2D eigenvalue weighted by Crippen LogP contribution is -2.50. The number of carbonyl (C=O) groups excluding carboxylic acids is 2. The van der Waals surface area contributed by atoms with Crippen molar-refractivity contribution in [1.29, 1.82) is 0 Å². The second-order valence-corrected chi connectivity index (χ2v) is 7.06. The van der Waals surface area contributed by atoms with Crippen LogP contribution in [-0.4, -0.2) is 60.4 Å². The highest BCUT2D eigenvalue weighted by Gasteiger charge is 2.30. The molecule has 0 spiro atoms. The largest absolute Gasteiger partial charge is 0.343 e. The van der Waals surface area contributed by atoms with Crippen molar-refractivity contribution in [1.82, 2.24) is 15.1 Å². The number of carbonyl (C=O) groups is 2. The molecule has 3 aliphatic rings. The summed E-state index contributed by atoms with van der Waals surface area (Å²) < 4.78 is 0. The highest BCUT2D eigenvalue weighted by Crippen LogP contribution is 2.23. The number of nitrogens with zero attached hydrogens (tertiary/aromatic N) is 2. The van der Waals surface area contributed by atoms with Crippen LogP contribution in [0.4, 0.5) is 0 Å². The fourth-order valence-corrected chi connectivity index (χ4v) is 3.98. The van der Waals surface area contributed by atoms with Gasteiger partial charge in [0.15, 0.2) is 0 Å². The molecule has 0 bridgehead atoms. The maximum atomic E-state index is 12.5. The van der Waals surface area contributed by atoms with Crippen molar-refractivity contribution in [3.05, 3.63) is 0 Å². The van der Waals surface area contributed by atoms with E-state index in [2.05, 4.69) is 5.32 Å². The van der Waals surface area contributed by atoms with Crippen LogP contribution < -0.4 is 5.32 Å². The zero-order valence-corrected chi connectivity index (χ0v) is 13.6. The van der Waals surface area contributed by atoms with Crippen LogP contribution >= 0.6 is 0 Å². The van der Waals surface area contributed by atoms with Crippen molar-refractivity contribution in [2.24, 2.45) is 5.92 Å². The highest BCUT2D eigenvalue weighted by molar-refractivity contribution is 5.82. The average molecular weight is 307 g/mol. The van der Waals surface area contributed by atoms with Gasteiger partial charge in [-0.25, -0.2) is 0 Å². The van der Waals surface area contributed by atoms with Crippen LogP contribution in [0.25, 0.3) is 0 Å². The molecule has 3 aliphatic heterocycles. The predicted molar refractivity (Wildman–Crippen MR) is 85.4 cm³/mol. The molecule has 1 atom stereocenters. The van der Waals surface area contributed by atoms with Gasteiger partial charge in [0.1, 0.15) is 0 Å². The zero-order chi connectivity index (χ0) is 15.4. The summed E-state index contributed by atoms with van der Waals surface area (Å²) >= 11 is 0. The average Bonchev–Trinajstić information content (AvgIpc) is 3.10. The van der Waals surface area contributed by atoms with Gasteiger partial charge in [-0.15, -0.1) is 0 Å². The van der Waals surface area contributed by atoms with Gasteiger partial charge in [0.05, 0.1) is 6.04 Å². The third-order valence-corrected chi connectivity index (χ3v) is 5.46. The first-order valence-electron chi connectivity index (χ1n) is 9.04. The van der Waals surface area contributed by atoms with Crippen molar-refractivity contribution in [2.75, 3.05) is 32.7 Å². The summed E-state index contributed by atoms with van der Waals surface area (Å²) in [5.74, 6) is 1.08. The normalized spacial score (nSPS) is 27.2. The molecule has 5 heteroatoms. The van der Waals surface area contributed by atoms with E-state index in [1.54, 1.807) is 0 Å². The van der Waals surface area contributed by atoms with E-state index >= 15 is 0 Å². The van der Waals surface area contributed by atoms with Gasteiger partial charge in [0, 0.05) is 32.6 Å². The van der Waals surface area contributed by atoms with E-state index in [0.29, 0.717) is 18.2 Å². The summed E-state index contributed by atoms with van der Waals surface area (Å²) in [6.07, 6.45) is 8.29. The SMILES string of the molecule is O=C(CC1CCN(C(=O)C2CCCCN2)CC1)N1CCCC1. The van der Waals surface area contributed by atoms with E-state index in [-0.39, 0.29) is 11.9 Å². The molecule has 124 valence electrons. The number of amides is 2. The van der Waals surface area contributed by atoms with Gasteiger partial charge in [0.25, 0.3) is 0 Å². The van der Waals surface area contributed by atoms with Crippen LogP contribution in [0.15, 0.2) is 0 Å². The first-order valence-corrected chi connectivity index (χ1v) is 9.04. The fourth-order valence-electron chi connectivity index (χ4n) is 3.98. The Bertz CT molecular complexity index is 393. The lowest BCUT2D eigenvalue weighted by Gasteiger charge is -2.35. The van der Waals surface area contributed by atoms with Crippen LogP contribution in [0.1, 0.15) is 51.4 Å². The van der Waals surface area contributed by atoms with Crippen molar-refractivity contribution in [2.45, 2.75) is 57.4 Å². The molecule has 3 fully saturated rings. The van der Waals surface area contributed by atoms with E-state index in [0.717, 1.165) is 71.2 Å². The van der Waals surface area contributed by atoms with Crippen LogP contribution in [0.5, 0.6) is 0 Å². The molecule has 0 aromatic rings. The molecule has 2 amide bonds. The Morgan fingerprint density at radius 2 is 1.59 bits per heavy atom. The topological polar surface area (TPSA) is 52.7 Å². The molecule has 0 radical (unpaired) electrons. The highest BCUT2D eigenvalue weighted by atomic mass is 16.2. The summed E-state index contributed by atoms with van der Waals surface area (Å²) in [7, 11) is 0. The molecule has 3 heterocycles. The molecule has 0 aromatic heterocycles. The maximum Gasteiger partial charge on any atom is 0.239 e. The Balaban J connectivity index is 1.41. The van der Waals surface area contributed by atoms with Crippen molar-refractivity contribution in [3.63, 3.8) is 0 Å². The smallest absolute Gasteiger partial charge is 0.239 e. The fraction of sp³-hybridized carbons (Fsp3) is 0.882. The van der Waals surface area contributed by atoms with Crippen LogP contribution in [0.2, 0.25) is 0 Å². The molecule has 0 saturated carbocycles. The Morgan fingerprint density at radius 1 is 0.864 bits per heavy atom. The van der Waals surface area contributed by atoms with Gasteiger partial charge in [-0.3, -0.25) is 9.59 Å². The molecule has 22 heavy (non-hydrogen) atoms. The van der Waals surface area contributed by atoms with Crippen LogP contribution in [0, 0.1) is 5.92 Å². The lowest BCUT2D eigenvalue weighted by molar-refractivity contribution is -0.136. The first kappa shape index (κ1) is 15.8. The van der Waals surface area contributed by atoms with E-state index in [1.165, 1.54) is 6.42 Å². The minimum Gasteiger partial charge on any atom is -0.343 e. The van der Waals surface area contributed by atoms with Gasteiger partial charge < -0.3 is 15.1 Å². The van der Waals surface area contributed by atoms with Gasteiger partial charge in [-0.1, -0.05) is 6.42 Å². The summed E-state index contributed by atoms with van der Waals surface area (Å²) in [6, 6.07) is 0.0385. The Hall–Kier alpha value is -1.10. The molecule has 1 unspecified atom stereocenters. The molecule has 5 nitrogen and oxygen atoms in total. The van der Waals surface area contributed by atoms with E-state index in [4.69, 9.17) is 0 Å². The minimum absolute atomic E-state index is 0.0385. The standard InChI is InChI=1S/C17H29N3O2/c21-16(19-9-3-4-10-19)13-14-6-11-20(12-7-14)17(22)15-5-1-2-8-18-15/h14-15,18H,1-13H2. The second-order valence-electron chi connectivity index (χ2n) is 7.06. The van der Waals surface area contributed by atoms with Crippen molar-refractivity contribution in [3.8, 4) is 0 Å². The summed E-state index contributed by atoms with van der Waals surface area (Å²) in [5, 5.41) is 3.34. The van der Waals surface area contributed by atoms with Crippen LogP contribution in [0.3, 0.4) is 0 Å². The van der Waals surface area contributed by atoms with E-state index < -0.39 is 0 Å². The number of likely N-dealkylation sites (tertiary alicyclic amines) is 2.